The first-order valence-electron chi connectivity index (χ1n) is 7.69. The third-order valence-corrected chi connectivity index (χ3v) is 6.04. The molecular weight excluding hydrogens is 319 g/mol. The number of sulfonamides is 1. The molecule has 0 radical (unpaired) electrons. The number of benzene rings is 1. The second-order valence-electron chi connectivity index (χ2n) is 5.56. The van der Waals surface area contributed by atoms with Crippen molar-refractivity contribution < 1.29 is 12.8 Å². The summed E-state index contributed by atoms with van der Waals surface area (Å²) < 4.78 is 42.6. The van der Waals surface area contributed by atoms with Crippen molar-refractivity contribution in [2.45, 2.75) is 43.7 Å². The molecule has 1 aliphatic heterocycles. The monoisotopic (exact) mass is 338 g/mol. The largest absolute Gasteiger partial charge is 0.317 e. The maximum Gasteiger partial charge on any atom is 0.243 e. The van der Waals surface area contributed by atoms with Crippen molar-refractivity contribution >= 4 is 10.0 Å². The predicted molar refractivity (Wildman–Crippen MR) is 82.6 cm³/mol. The Labute approximate surface area is 135 Å². The van der Waals surface area contributed by atoms with E-state index in [0.29, 0.717) is 25.3 Å². The molecule has 1 aliphatic rings. The summed E-state index contributed by atoms with van der Waals surface area (Å²) in [5.41, 5.74) is 0. The number of aryl methyl sites for hydroxylation is 1. The molecule has 1 aromatic carbocycles. The lowest BCUT2D eigenvalue weighted by Crippen LogP contribution is -2.39. The summed E-state index contributed by atoms with van der Waals surface area (Å²) in [6.07, 6.45) is 4.01. The topological polar surface area (TPSA) is 68.1 Å². The van der Waals surface area contributed by atoms with Gasteiger partial charge in [0.2, 0.25) is 10.0 Å². The maximum absolute atomic E-state index is 13.4. The number of nitrogens with zero attached hydrogens (tertiary/aromatic N) is 4. The number of hydrogen-bond donors (Lipinski definition) is 0. The van der Waals surface area contributed by atoms with Gasteiger partial charge in [-0.15, -0.1) is 10.2 Å². The minimum absolute atomic E-state index is 0.0213. The third kappa shape index (κ3) is 3.00. The SMILES string of the molecule is CCn1cnnc1[C@H]1CCCCN1S(=O)(=O)c1cccc(F)c1. The van der Waals surface area contributed by atoms with Crippen molar-refractivity contribution in [3.63, 3.8) is 0 Å². The summed E-state index contributed by atoms with van der Waals surface area (Å²) in [5, 5.41) is 8.02. The molecule has 6 nitrogen and oxygen atoms in total. The van der Waals surface area contributed by atoms with Crippen molar-refractivity contribution in [3.8, 4) is 0 Å². The van der Waals surface area contributed by atoms with Gasteiger partial charge in [0.25, 0.3) is 0 Å². The Hall–Kier alpha value is -1.80. The summed E-state index contributed by atoms with van der Waals surface area (Å²) in [6.45, 7) is 3.04. The Morgan fingerprint density at radius 3 is 2.91 bits per heavy atom. The van der Waals surface area contributed by atoms with E-state index in [1.807, 2.05) is 11.5 Å². The van der Waals surface area contributed by atoms with Gasteiger partial charge in [0.15, 0.2) is 5.82 Å². The second kappa shape index (κ2) is 6.37. The molecule has 2 heterocycles. The number of rotatable bonds is 4. The van der Waals surface area contributed by atoms with Gasteiger partial charge < -0.3 is 4.57 Å². The lowest BCUT2D eigenvalue weighted by molar-refractivity contribution is 0.241. The molecule has 2 aromatic rings. The quantitative estimate of drug-likeness (QED) is 0.858. The first-order valence-corrected chi connectivity index (χ1v) is 9.13. The Morgan fingerprint density at radius 1 is 1.35 bits per heavy atom. The van der Waals surface area contributed by atoms with Crippen LogP contribution in [0.3, 0.4) is 0 Å². The summed E-state index contributed by atoms with van der Waals surface area (Å²) in [7, 11) is -3.77. The minimum Gasteiger partial charge on any atom is -0.317 e. The Balaban J connectivity index is 2.01. The highest BCUT2D eigenvalue weighted by molar-refractivity contribution is 7.89. The predicted octanol–water partition coefficient (Wildman–Crippen LogP) is 2.35. The first-order chi connectivity index (χ1) is 11.0. The Kier molecular flexibility index (Phi) is 4.45. The minimum atomic E-state index is -3.77. The van der Waals surface area contributed by atoms with Crippen LogP contribution in [0.15, 0.2) is 35.5 Å². The summed E-state index contributed by atoms with van der Waals surface area (Å²) in [5.74, 6) is 0.0866. The van der Waals surface area contributed by atoms with E-state index in [4.69, 9.17) is 0 Å². The van der Waals surface area contributed by atoms with E-state index in [0.717, 1.165) is 18.9 Å². The zero-order valence-corrected chi connectivity index (χ0v) is 13.7. The average molecular weight is 338 g/mol. The van der Waals surface area contributed by atoms with Crippen LogP contribution in [-0.2, 0) is 16.6 Å². The van der Waals surface area contributed by atoms with Gasteiger partial charge in [-0.25, -0.2) is 12.8 Å². The van der Waals surface area contributed by atoms with Gasteiger partial charge in [-0.3, -0.25) is 0 Å². The second-order valence-corrected chi connectivity index (χ2v) is 7.45. The van der Waals surface area contributed by atoms with Gasteiger partial charge in [0, 0.05) is 13.1 Å². The van der Waals surface area contributed by atoms with Crippen molar-refractivity contribution in [1.29, 1.82) is 0 Å². The van der Waals surface area contributed by atoms with Gasteiger partial charge in [0.05, 0.1) is 10.9 Å². The zero-order valence-electron chi connectivity index (χ0n) is 12.9. The molecule has 0 saturated carbocycles. The van der Waals surface area contributed by atoms with Gasteiger partial charge >= 0.3 is 0 Å². The molecule has 1 fully saturated rings. The van der Waals surface area contributed by atoms with E-state index in [9.17, 15) is 12.8 Å². The van der Waals surface area contributed by atoms with Crippen molar-refractivity contribution in [1.82, 2.24) is 19.1 Å². The number of halogens is 1. The fourth-order valence-electron chi connectivity index (χ4n) is 2.98. The van der Waals surface area contributed by atoms with Crippen molar-refractivity contribution in [3.05, 3.63) is 42.2 Å². The van der Waals surface area contributed by atoms with Crippen LogP contribution >= 0.6 is 0 Å². The molecule has 0 aliphatic carbocycles. The first kappa shape index (κ1) is 16.1. The normalized spacial score (nSPS) is 19.8. The van der Waals surface area contributed by atoms with Gasteiger partial charge in [-0.2, -0.15) is 4.31 Å². The highest BCUT2D eigenvalue weighted by atomic mass is 32.2. The smallest absolute Gasteiger partial charge is 0.243 e. The molecule has 0 bridgehead atoms. The van der Waals surface area contributed by atoms with Gasteiger partial charge in [-0.05, 0) is 38.0 Å². The number of hydrogen-bond acceptors (Lipinski definition) is 4. The van der Waals surface area contributed by atoms with Crippen LogP contribution in [0.4, 0.5) is 4.39 Å². The van der Waals surface area contributed by atoms with E-state index in [2.05, 4.69) is 10.2 Å². The highest BCUT2D eigenvalue weighted by Gasteiger charge is 2.36. The lowest BCUT2D eigenvalue weighted by atomic mass is 10.0. The van der Waals surface area contributed by atoms with Crippen LogP contribution < -0.4 is 0 Å². The zero-order chi connectivity index (χ0) is 16.4. The summed E-state index contributed by atoms with van der Waals surface area (Å²) in [6, 6.07) is 4.77. The van der Waals surface area contributed by atoms with Crippen molar-refractivity contribution in [2.75, 3.05) is 6.54 Å². The molecule has 1 saturated heterocycles. The van der Waals surface area contributed by atoms with Crippen LogP contribution in [0.5, 0.6) is 0 Å². The molecule has 3 rings (SSSR count). The average Bonchev–Trinajstić information content (AvgIpc) is 3.03. The molecule has 0 spiro atoms. The standard InChI is InChI=1S/C15H19FN4O2S/c1-2-19-11-17-18-15(19)14-8-3-4-9-20(14)23(21,22)13-7-5-6-12(16)10-13/h5-7,10-11,14H,2-4,8-9H2,1H3/t14-/m1/s1. The fourth-order valence-corrected chi connectivity index (χ4v) is 4.67. The molecule has 0 amide bonds. The van der Waals surface area contributed by atoms with E-state index < -0.39 is 15.8 Å². The van der Waals surface area contributed by atoms with Crippen LogP contribution in [-0.4, -0.2) is 34.0 Å². The number of piperidine rings is 1. The third-order valence-electron chi connectivity index (χ3n) is 4.14. The van der Waals surface area contributed by atoms with Crippen LogP contribution in [0, 0.1) is 5.82 Å². The van der Waals surface area contributed by atoms with Crippen LogP contribution in [0.1, 0.15) is 38.1 Å². The fraction of sp³-hybridized carbons (Fsp3) is 0.467. The van der Waals surface area contributed by atoms with Crippen LogP contribution in [0.2, 0.25) is 0 Å². The van der Waals surface area contributed by atoms with E-state index in [-0.39, 0.29) is 10.9 Å². The van der Waals surface area contributed by atoms with Crippen LogP contribution in [0.25, 0.3) is 0 Å². The summed E-state index contributed by atoms with van der Waals surface area (Å²) in [4.78, 5) is -0.0213. The van der Waals surface area contributed by atoms with E-state index in [1.165, 1.54) is 22.5 Å². The molecule has 23 heavy (non-hydrogen) atoms. The molecule has 124 valence electrons. The Bertz CT molecular complexity index is 790. The van der Waals surface area contributed by atoms with Gasteiger partial charge in [-0.1, -0.05) is 12.5 Å². The number of aromatic nitrogens is 3. The van der Waals surface area contributed by atoms with Crippen molar-refractivity contribution in [2.24, 2.45) is 0 Å². The van der Waals surface area contributed by atoms with E-state index >= 15 is 0 Å². The highest BCUT2D eigenvalue weighted by Crippen LogP contribution is 2.34. The Morgan fingerprint density at radius 2 is 2.17 bits per heavy atom. The van der Waals surface area contributed by atoms with E-state index in [1.54, 1.807) is 6.33 Å². The molecule has 1 atom stereocenters. The molecule has 0 unspecified atom stereocenters. The maximum atomic E-state index is 13.4. The molecule has 8 heteroatoms. The molecular formula is C15H19FN4O2S. The molecule has 1 aromatic heterocycles. The lowest BCUT2D eigenvalue weighted by Gasteiger charge is -2.34. The summed E-state index contributed by atoms with van der Waals surface area (Å²) >= 11 is 0. The van der Waals surface area contributed by atoms with Gasteiger partial charge in [0.1, 0.15) is 12.1 Å². The molecule has 0 N–H and O–H groups in total.